The highest BCUT2D eigenvalue weighted by atomic mass is 32.2. The van der Waals surface area contributed by atoms with Crippen LogP contribution in [0.3, 0.4) is 0 Å². The summed E-state index contributed by atoms with van der Waals surface area (Å²) in [4.78, 5) is 3.17. The number of benzene rings is 1. The summed E-state index contributed by atoms with van der Waals surface area (Å²) in [7, 11) is 0. The van der Waals surface area contributed by atoms with Crippen LogP contribution in [-0.4, -0.2) is 18.8 Å². The summed E-state index contributed by atoms with van der Waals surface area (Å²) in [5, 5.41) is 0. The van der Waals surface area contributed by atoms with Gasteiger partial charge in [0.15, 0.2) is 0 Å². The van der Waals surface area contributed by atoms with E-state index in [9.17, 15) is 4.39 Å². The van der Waals surface area contributed by atoms with E-state index in [-0.39, 0.29) is 12.0 Å². The smallest absolute Gasteiger partial charge is 0.137 e. The first-order valence-corrected chi connectivity index (χ1v) is 6.95. The molecule has 0 radical (unpaired) electrons. The van der Waals surface area contributed by atoms with Gasteiger partial charge in [0.25, 0.3) is 0 Å². The maximum absolute atomic E-state index is 13.7. The van der Waals surface area contributed by atoms with Crippen LogP contribution in [0.4, 0.5) is 10.1 Å². The van der Waals surface area contributed by atoms with Crippen molar-refractivity contribution in [2.45, 2.75) is 31.6 Å². The van der Waals surface area contributed by atoms with Crippen molar-refractivity contribution in [2.75, 3.05) is 23.7 Å². The number of anilines is 1. The third-order valence-electron chi connectivity index (χ3n) is 2.92. The summed E-state index contributed by atoms with van der Waals surface area (Å²) in [6.45, 7) is 6.36. The van der Waals surface area contributed by atoms with Crippen molar-refractivity contribution in [3.63, 3.8) is 0 Å². The van der Waals surface area contributed by atoms with Crippen LogP contribution in [0.2, 0.25) is 0 Å². The minimum absolute atomic E-state index is 0. The topological polar surface area (TPSA) is 38.2 Å². The molecule has 1 aromatic rings. The van der Waals surface area contributed by atoms with Crippen LogP contribution in [0, 0.1) is 5.82 Å². The van der Waals surface area contributed by atoms with Crippen molar-refractivity contribution in [1.82, 2.24) is 6.15 Å². The van der Waals surface area contributed by atoms with Gasteiger partial charge in [-0.1, -0.05) is 13.8 Å². The zero-order valence-corrected chi connectivity index (χ0v) is 11.4. The van der Waals surface area contributed by atoms with Gasteiger partial charge in [-0.15, -0.1) is 11.8 Å². The highest BCUT2D eigenvalue weighted by Crippen LogP contribution is 2.34. The van der Waals surface area contributed by atoms with Crippen LogP contribution >= 0.6 is 11.8 Å². The largest absolute Gasteiger partial charge is 0.371 e. The molecule has 0 aromatic heterocycles. The zero-order chi connectivity index (χ0) is 11.5. The molecule has 1 aliphatic heterocycles. The normalized spacial score (nSPS) is 13.5. The highest BCUT2D eigenvalue weighted by molar-refractivity contribution is 7.99. The predicted octanol–water partition coefficient (Wildman–Crippen LogP) is 3.87. The molecule has 1 aliphatic rings. The molecular formula is C13H21FN2S. The SMILES string of the molecule is CCCN1CCc2cc(F)c(SCC)cc21.N. The van der Waals surface area contributed by atoms with Crippen molar-refractivity contribution >= 4 is 17.4 Å². The van der Waals surface area contributed by atoms with Gasteiger partial charge in [-0.05, 0) is 36.3 Å². The van der Waals surface area contributed by atoms with E-state index in [1.807, 2.05) is 6.07 Å². The third kappa shape index (κ3) is 2.93. The summed E-state index contributed by atoms with van der Waals surface area (Å²) in [5.74, 6) is 0.868. The molecule has 4 heteroatoms. The number of thioether (sulfide) groups is 1. The molecule has 96 valence electrons. The molecule has 1 heterocycles. The Hall–Kier alpha value is -0.740. The van der Waals surface area contributed by atoms with E-state index in [1.54, 1.807) is 17.8 Å². The fraction of sp³-hybridized carbons (Fsp3) is 0.538. The number of hydrogen-bond donors (Lipinski definition) is 1. The molecule has 0 bridgehead atoms. The summed E-state index contributed by atoms with van der Waals surface area (Å²) >= 11 is 1.59. The van der Waals surface area contributed by atoms with E-state index in [1.165, 1.54) is 11.3 Å². The average molecular weight is 256 g/mol. The van der Waals surface area contributed by atoms with Gasteiger partial charge in [0.1, 0.15) is 5.82 Å². The summed E-state index contributed by atoms with van der Waals surface area (Å²) < 4.78 is 13.7. The minimum Gasteiger partial charge on any atom is -0.371 e. The number of nitrogens with zero attached hydrogens (tertiary/aromatic N) is 1. The summed E-state index contributed by atoms with van der Waals surface area (Å²) in [5.41, 5.74) is 2.42. The van der Waals surface area contributed by atoms with Crippen LogP contribution in [0.1, 0.15) is 25.8 Å². The Morgan fingerprint density at radius 3 is 2.76 bits per heavy atom. The Kier molecular flexibility index (Phi) is 5.28. The van der Waals surface area contributed by atoms with Gasteiger partial charge in [-0.3, -0.25) is 0 Å². The lowest BCUT2D eigenvalue weighted by Gasteiger charge is -2.19. The van der Waals surface area contributed by atoms with Crippen molar-refractivity contribution in [2.24, 2.45) is 0 Å². The van der Waals surface area contributed by atoms with Crippen LogP contribution in [0.5, 0.6) is 0 Å². The molecule has 2 nitrogen and oxygen atoms in total. The van der Waals surface area contributed by atoms with Gasteiger partial charge in [-0.25, -0.2) is 4.39 Å². The minimum atomic E-state index is -0.0519. The fourth-order valence-electron chi connectivity index (χ4n) is 2.22. The third-order valence-corrected chi connectivity index (χ3v) is 3.83. The van der Waals surface area contributed by atoms with Crippen LogP contribution in [0.15, 0.2) is 17.0 Å². The predicted molar refractivity (Wildman–Crippen MR) is 74.0 cm³/mol. The molecule has 0 amide bonds. The first-order chi connectivity index (χ1) is 7.76. The van der Waals surface area contributed by atoms with E-state index in [4.69, 9.17) is 0 Å². The fourth-order valence-corrected chi connectivity index (χ4v) is 2.93. The molecule has 0 spiro atoms. The molecule has 0 unspecified atom stereocenters. The van der Waals surface area contributed by atoms with Crippen molar-refractivity contribution in [3.05, 3.63) is 23.5 Å². The quantitative estimate of drug-likeness (QED) is 0.831. The van der Waals surface area contributed by atoms with Gasteiger partial charge >= 0.3 is 0 Å². The standard InChI is InChI=1S/C13H18FNS.H3N/c1-3-6-15-7-5-10-8-11(14)13(16-4-2)9-12(10)15;/h8-9H,3-7H2,1-2H3;1H3. The highest BCUT2D eigenvalue weighted by Gasteiger charge is 2.20. The Bertz CT molecular complexity index is 382. The number of hydrogen-bond acceptors (Lipinski definition) is 3. The molecule has 2 rings (SSSR count). The van der Waals surface area contributed by atoms with Crippen LogP contribution in [0.25, 0.3) is 0 Å². The molecule has 0 atom stereocenters. The van der Waals surface area contributed by atoms with Gasteiger partial charge in [0.2, 0.25) is 0 Å². The van der Waals surface area contributed by atoms with Gasteiger partial charge < -0.3 is 11.1 Å². The number of rotatable bonds is 4. The second-order valence-electron chi connectivity index (χ2n) is 4.08. The second-order valence-corrected chi connectivity index (χ2v) is 5.39. The molecule has 1 aromatic carbocycles. The Labute approximate surface area is 107 Å². The van der Waals surface area contributed by atoms with Crippen LogP contribution in [-0.2, 0) is 6.42 Å². The van der Waals surface area contributed by atoms with E-state index >= 15 is 0 Å². The van der Waals surface area contributed by atoms with Gasteiger partial charge in [0.05, 0.1) is 0 Å². The maximum atomic E-state index is 13.7. The first kappa shape index (κ1) is 14.3. The van der Waals surface area contributed by atoms with Crippen LogP contribution < -0.4 is 11.1 Å². The van der Waals surface area contributed by atoms with Crippen molar-refractivity contribution in [1.29, 1.82) is 0 Å². The molecule has 0 fully saturated rings. The number of halogens is 1. The summed E-state index contributed by atoms with van der Waals surface area (Å²) in [6, 6.07) is 3.75. The molecule has 0 saturated carbocycles. The van der Waals surface area contributed by atoms with E-state index in [0.29, 0.717) is 0 Å². The Balaban J connectivity index is 0.00000144. The van der Waals surface area contributed by atoms with Gasteiger partial charge in [0, 0.05) is 23.7 Å². The Morgan fingerprint density at radius 2 is 2.12 bits per heavy atom. The monoisotopic (exact) mass is 256 g/mol. The van der Waals surface area contributed by atoms with Crippen molar-refractivity contribution < 1.29 is 4.39 Å². The van der Waals surface area contributed by atoms with Crippen molar-refractivity contribution in [3.8, 4) is 0 Å². The lowest BCUT2D eigenvalue weighted by molar-refractivity contribution is 0.601. The first-order valence-electron chi connectivity index (χ1n) is 5.96. The number of fused-ring (bicyclic) bond motifs is 1. The lowest BCUT2D eigenvalue weighted by Crippen LogP contribution is -2.20. The lowest BCUT2D eigenvalue weighted by atomic mass is 10.1. The molecular weight excluding hydrogens is 235 g/mol. The molecule has 0 saturated heterocycles. The Morgan fingerprint density at radius 1 is 1.35 bits per heavy atom. The van der Waals surface area contributed by atoms with E-state index < -0.39 is 0 Å². The molecule has 0 aliphatic carbocycles. The van der Waals surface area contributed by atoms with E-state index in [2.05, 4.69) is 18.7 Å². The average Bonchev–Trinajstić information content (AvgIpc) is 2.63. The molecule has 17 heavy (non-hydrogen) atoms. The maximum Gasteiger partial charge on any atom is 0.137 e. The summed E-state index contributed by atoms with van der Waals surface area (Å²) in [6.07, 6.45) is 2.14. The molecule has 3 N–H and O–H groups in total. The van der Waals surface area contributed by atoms with E-state index in [0.717, 1.165) is 36.6 Å². The van der Waals surface area contributed by atoms with Gasteiger partial charge in [-0.2, -0.15) is 0 Å². The zero-order valence-electron chi connectivity index (χ0n) is 10.6. The second kappa shape index (κ2) is 6.26.